The van der Waals surface area contributed by atoms with Crippen molar-refractivity contribution < 1.29 is 18.0 Å². The SMILES string of the molecule is C[C@H]1C[C@H](C)CN(C(=O)c2ccc(C(F)(F)F)cn2)C1. The van der Waals surface area contributed by atoms with Gasteiger partial charge in [-0.15, -0.1) is 0 Å². The molecule has 0 spiro atoms. The molecule has 1 aliphatic rings. The quantitative estimate of drug-likeness (QED) is 0.794. The summed E-state index contributed by atoms with van der Waals surface area (Å²) in [5.74, 6) is 0.506. The Kier molecular flexibility index (Phi) is 4.01. The van der Waals surface area contributed by atoms with Gasteiger partial charge in [-0.3, -0.25) is 9.78 Å². The minimum Gasteiger partial charge on any atom is -0.337 e. The molecule has 110 valence electrons. The number of nitrogens with zero attached hydrogens (tertiary/aromatic N) is 2. The van der Waals surface area contributed by atoms with E-state index in [4.69, 9.17) is 0 Å². The molecule has 0 N–H and O–H groups in total. The van der Waals surface area contributed by atoms with E-state index in [-0.39, 0.29) is 11.6 Å². The third-order valence-electron chi connectivity index (χ3n) is 3.47. The molecule has 1 aromatic rings. The van der Waals surface area contributed by atoms with Crippen LogP contribution in [0.1, 0.15) is 36.3 Å². The van der Waals surface area contributed by atoms with Gasteiger partial charge in [0.05, 0.1) is 5.56 Å². The van der Waals surface area contributed by atoms with Crippen LogP contribution in [0.4, 0.5) is 13.2 Å². The Balaban J connectivity index is 2.13. The zero-order valence-corrected chi connectivity index (χ0v) is 11.4. The first-order valence-corrected chi connectivity index (χ1v) is 6.60. The third-order valence-corrected chi connectivity index (χ3v) is 3.47. The minimum absolute atomic E-state index is 0.0688. The number of halogens is 3. The van der Waals surface area contributed by atoms with Crippen molar-refractivity contribution in [2.24, 2.45) is 11.8 Å². The van der Waals surface area contributed by atoms with Gasteiger partial charge in [0.15, 0.2) is 0 Å². The fourth-order valence-electron chi connectivity index (χ4n) is 2.68. The van der Waals surface area contributed by atoms with Crippen molar-refractivity contribution in [3.8, 4) is 0 Å². The van der Waals surface area contributed by atoms with Gasteiger partial charge in [0.1, 0.15) is 5.69 Å². The molecule has 1 saturated heterocycles. The van der Waals surface area contributed by atoms with E-state index in [0.29, 0.717) is 31.1 Å². The Bertz CT molecular complexity index is 474. The number of piperidine rings is 1. The number of carbonyl (C=O) groups is 1. The van der Waals surface area contributed by atoms with Gasteiger partial charge in [-0.25, -0.2) is 0 Å². The predicted molar refractivity (Wildman–Crippen MR) is 68.1 cm³/mol. The molecule has 1 aliphatic heterocycles. The normalized spacial score (nSPS) is 23.8. The van der Waals surface area contributed by atoms with Gasteiger partial charge in [0.2, 0.25) is 0 Å². The maximum absolute atomic E-state index is 12.4. The lowest BCUT2D eigenvalue weighted by Gasteiger charge is -2.34. The summed E-state index contributed by atoms with van der Waals surface area (Å²) in [6.45, 7) is 5.39. The van der Waals surface area contributed by atoms with Crippen molar-refractivity contribution in [2.75, 3.05) is 13.1 Å². The second-order valence-corrected chi connectivity index (χ2v) is 5.59. The highest BCUT2D eigenvalue weighted by Crippen LogP contribution is 2.28. The summed E-state index contributed by atoms with van der Waals surface area (Å²) in [6, 6.07) is 2.05. The van der Waals surface area contributed by atoms with Crippen LogP contribution in [-0.2, 0) is 6.18 Å². The van der Waals surface area contributed by atoms with E-state index in [1.165, 1.54) is 0 Å². The third kappa shape index (κ3) is 3.29. The van der Waals surface area contributed by atoms with E-state index in [1.807, 2.05) is 0 Å². The molecule has 0 aromatic carbocycles. The van der Waals surface area contributed by atoms with Gasteiger partial charge in [-0.1, -0.05) is 13.8 Å². The molecule has 3 nitrogen and oxygen atoms in total. The summed E-state index contributed by atoms with van der Waals surface area (Å²) in [6.07, 6.45) is -2.66. The van der Waals surface area contributed by atoms with Gasteiger partial charge in [-0.2, -0.15) is 13.2 Å². The van der Waals surface area contributed by atoms with Crippen molar-refractivity contribution in [1.82, 2.24) is 9.88 Å². The van der Waals surface area contributed by atoms with Gasteiger partial charge < -0.3 is 4.90 Å². The Labute approximate surface area is 115 Å². The number of amides is 1. The molecular formula is C14H17F3N2O. The summed E-state index contributed by atoms with van der Waals surface area (Å²) in [7, 11) is 0. The highest BCUT2D eigenvalue weighted by atomic mass is 19.4. The van der Waals surface area contributed by atoms with Gasteiger partial charge in [0, 0.05) is 19.3 Å². The Morgan fingerprint density at radius 2 is 1.85 bits per heavy atom. The average molecular weight is 286 g/mol. The predicted octanol–water partition coefficient (Wildman–Crippen LogP) is 3.22. The van der Waals surface area contributed by atoms with Crippen LogP contribution in [0.25, 0.3) is 0 Å². The summed E-state index contributed by atoms with van der Waals surface area (Å²) >= 11 is 0. The van der Waals surface area contributed by atoms with E-state index in [9.17, 15) is 18.0 Å². The number of hydrogen-bond acceptors (Lipinski definition) is 2. The molecule has 20 heavy (non-hydrogen) atoms. The number of aromatic nitrogens is 1. The summed E-state index contributed by atoms with van der Waals surface area (Å²) in [5, 5.41) is 0. The number of pyridine rings is 1. The van der Waals surface area contributed by atoms with Crippen LogP contribution in [0, 0.1) is 11.8 Å². The second-order valence-electron chi connectivity index (χ2n) is 5.59. The first-order chi connectivity index (χ1) is 9.27. The van der Waals surface area contributed by atoms with Crippen LogP contribution in [0.2, 0.25) is 0 Å². The molecule has 2 heterocycles. The Morgan fingerprint density at radius 3 is 2.30 bits per heavy atom. The average Bonchev–Trinajstić information content (AvgIpc) is 2.36. The molecule has 2 atom stereocenters. The zero-order chi connectivity index (χ0) is 14.9. The highest BCUT2D eigenvalue weighted by molar-refractivity contribution is 5.92. The van der Waals surface area contributed by atoms with Crippen LogP contribution in [-0.4, -0.2) is 28.9 Å². The van der Waals surface area contributed by atoms with E-state index in [2.05, 4.69) is 18.8 Å². The van der Waals surface area contributed by atoms with Crippen LogP contribution >= 0.6 is 0 Å². The number of carbonyl (C=O) groups excluding carboxylic acids is 1. The van der Waals surface area contributed by atoms with Crippen LogP contribution in [0.5, 0.6) is 0 Å². The topological polar surface area (TPSA) is 33.2 Å². The molecule has 0 saturated carbocycles. The lowest BCUT2D eigenvalue weighted by Crippen LogP contribution is -2.42. The molecule has 1 aromatic heterocycles. The smallest absolute Gasteiger partial charge is 0.337 e. The fourth-order valence-corrected chi connectivity index (χ4v) is 2.68. The van der Waals surface area contributed by atoms with Crippen LogP contribution in [0.15, 0.2) is 18.3 Å². The highest BCUT2D eigenvalue weighted by Gasteiger charge is 2.32. The molecule has 0 aliphatic carbocycles. The molecule has 1 fully saturated rings. The van der Waals surface area contributed by atoms with E-state index in [1.54, 1.807) is 4.90 Å². The van der Waals surface area contributed by atoms with E-state index < -0.39 is 11.7 Å². The number of hydrogen-bond donors (Lipinski definition) is 0. The van der Waals surface area contributed by atoms with Gasteiger partial charge in [0.25, 0.3) is 5.91 Å². The summed E-state index contributed by atoms with van der Waals surface area (Å²) in [5.41, 5.74) is -0.770. The molecular weight excluding hydrogens is 269 g/mol. The van der Waals surface area contributed by atoms with Crippen molar-refractivity contribution in [3.05, 3.63) is 29.6 Å². The minimum atomic E-state index is -4.43. The lowest BCUT2D eigenvalue weighted by atomic mass is 9.92. The molecule has 0 radical (unpaired) electrons. The largest absolute Gasteiger partial charge is 0.417 e. The van der Waals surface area contributed by atoms with E-state index in [0.717, 1.165) is 18.6 Å². The summed E-state index contributed by atoms with van der Waals surface area (Å²) < 4.78 is 37.3. The molecule has 0 bridgehead atoms. The van der Waals surface area contributed by atoms with Crippen LogP contribution in [0.3, 0.4) is 0 Å². The first kappa shape index (κ1) is 14.8. The number of rotatable bonds is 1. The maximum atomic E-state index is 12.4. The maximum Gasteiger partial charge on any atom is 0.417 e. The van der Waals surface area contributed by atoms with Crippen molar-refractivity contribution in [3.63, 3.8) is 0 Å². The van der Waals surface area contributed by atoms with Crippen molar-refractivity contribution in [1.29, 1.82) is 0 Å². The first-order valence-electron chi connectivity index (χ1n) is 6.60. The number of alkyl halides is 3. The molecule has 1 amide bonds. The monoisotopic (exact) mass is 286 g/mol. The molecule has 6 heteroatoms. The Morgan fingerprint density at radius 1 is 1.25 bits per heavy atom. The van der Waals surface area contributed by atoms with Crippen molar-refractivity contribution >= 4 is 5.91 Å². The fraction of sp³-hybridized carbons (Fsp3) is 0.571. The molecule has 2 rings (SSSR count). The van der Waals surface area contributed by atoms with Crippen molar-refractivity contribution in [2.45, 2.75) is 26.4 Å². The van der Waals surface area contributed by atoms with Crippen LogP contribution < -0.4 is 0 Å². The standard InChI is InChI=1S/C14H17F3N2O/c1-9-5-10(2)8-19(7-9)13(20)12-4-3-11(6-18-12)14(15,16)17/h3-4,6,9-10H,5,7-8H2,1-2H3/t9-,10-/m0/s1. The number of likely N-dealkylation sites (tertiary alicyclic amines) is 1. The summed E-state index contributed by atoms with van der Waals surface area (Å²) in [4.78, 5) is 17.6. The van der Waals surface area contributed by atoms with Gasteiger partial charge in [-0.05, 0) is 30.4 Å². The van der Waals surface area contributed by atoms with Gasteiger partial charge >= 0.3 is 6.18 Å². The molecule has 0 unspecified atom stereocenters. The second kappa shape index (κ2) is 5.42. The Hall–Kier alpha value is -1.59. The zero-order valence-electron chi connectivity index (χ0n) is 11.4. The van der Waals surface area contributed by atoms with E-state index >= 15 is 0 Å². The lowest BCUT2D eigenvalue weighted by molar-refractivity contribution is -0.137.